The van der Waals surface area contributed by atoms with E-state index in [2.05, 4.69) is 12.2 Å². The standard InChI is InChI=1S/C31H59N2O5P/c1-6-7-8-9-10-11-12-13-14-15-16-17-18-19-20-22-29(35)25-28(32-27(2)34)26-31(37)39(38)30(36)23-21-24-33(3,4)5/h28,38H,6-26H2,1-5H3/p+1. The molecule has 0 aliphatic rings. The van der Waals surface area contributed by atoms with Gasteiger partial charge < -0.3 is 14.7 Å². The summed E-state index contributed by atoms with van der Waals surface area (Å²) in [6.45, 7) is 4.37. The SMILES string of the molecule is CCCCCCCCCCCCCCCCCC(=O)CC(CC(=O)P(O)C(=O)CCC[N+](C)(C)C)NC(C)=O. The lowest BCUT2D eigenvalue weighted by Crippen LogP contribution is -2.36. The molecule has 0 aromatic heterocycles. The number of hydrogen-bond acceptors (Lipinski definition) is 5. The van der Waals surface area contributed by atoms with Crippen LogP contribution in [0, 0.1) is 0 Å². The largest absolute Gasteiger partial charge is 0.360 e. The van der Waals surface area contributed by atoms with E-state index in [0.29, 0.717) is 17.3 Å². The minimum absolute atomic E-state index is 0.00721. The summed E-state index contributed by atoms with van der Waals surface area (Å²) in [7, 11) is 3.65. The third kappa shape index (κ3) is 24.4. The molecule has 0 radical (unpaired) electrons. The van der Waals surface area contributed by atoms with E-state index in [4.69, 9.17) is 0 Å². The van der Waals surface area contributed by atoms with Crippen molar-refractivity contribution >= 4 is 30.9 Å². The van der Waals surface area contributed by atoms with E-state index in [9.17, 15) is 24.1 Å². The quantitative estimate of drug-likeness (QED) is 0.0626. The van der Waals surface area contributed by atoms with E-state index in [0.717, 1.165) is 25.8 Å². The van der Waals surface area contributed by atoms with Crippen LogP contribution in [-0.2, 0) is 19.2 Å². The normalized spacial score (nSPS) is 13.2. The maximum absolute atomic E-state index is 12.5. The molecular formula is C31H60N2O5P+. The number of ketones is 1. The lowest BCUT2D eigenvalue weighted by Gasteiger charge is -2.23. The lowest BCUT2D eigenvalue weighted by molar-refractivity contribution is -0.870. The van der Waals surface area contributed by atoms with Crippen molar-refractivity contribution in [1.29, 1.82) is 0 Å². The number of rotatable bonds is 27. The van der Waals surface area contributed by atoms with Crippen molar-refractivity contribution in [3.05, 3.63) is 0 Å². The van der Waals surface area contributed by atoms with Crippen LogP contribution in [0.2, 0.25) is 0 Å². The minimum atomic E-state index is -2.41. The molecule has 0 rings (SSSR count). The van der Waals surface area contributed by atoms with Gasteiger partial charge in [-0.1, -0.05) is 96.8 Å². The first-order valence-electron chi connectivity index (χ1n) is 15.6. The van der Waals surface area contributed by atoms with Crippen molar-refractivity contribution in [2.24, 2.45) is 0 Å². The number of nitrogens with zero attached hydrogens (tertiary/aromatic N) is 1. The minimum Gasteiger partial charge on any atom is -0.360 e. The fourth-order valence-electron chi connectivity index (χ4n) is 4.78. The first-order chi connectivity index (χ1) is 18.5. The van der Waals surface area contributed by atoms with Crippen molar-refractivity contribution in [3.8, 4) is 0 Å². The average molecular weight is 572 g/mol. The Kier molecular flexibility index (Phi) is 22.8. The molecule has 0 spiro atoms. The zero-order valence-corrected chi connectivity index (χ0v) is 26.8. The fraction of sp³-hybridized carbons (Fsp3) is 0.871. The van der Waals surface area contributed by atoms with Gasteiger partial charge in [0, 0.05) is 45.1 Å². The van der Waals surface area contributed by atoms with Crippen LogP contribution in [0.1, 0.15) is 142 Å². The second kappa shape index (κ2) is 23.5. The third-order valence-electron chi connectivity index (χ3n) is 7.05. The molecule has 0 heterocycles. The third-order valence-corrected chi connectivity index (χ3v) is 8.40. The highest BCUT2D eigenvalue weighted by Gasteiger charge is 2.28. The molecule has 0 fully saturated rings. The molecule has 0 saturated carbocycles. The highest BCUT2D eigenvalue weighted by molar-refractivity contribution is 7.84. The Hall–Kier alpha value is -1.17. The van der Waals surface area contributed by atoms with Crippen LogP contribution in [-0.4, -0.2) is 65.8 Å². The van der Waals surface area contributed by atoms with Crippen molar-refractivity contribution < 1.29 is 28.6 Å². The van der Waals surface area contributed by atoms with Gasteiger partial charge in [-0.15, -0.1) is 0 Å². The lowest BCUT2D eigenvalue weighted by atomic mass is 10.0. The van der Waals surface area contributed by atoms with Gasteiger partial charge in [0.05, 0.1) is 27.7 Å². The van der Waals surface area contributed by atoms with Crippen LogP contribution < -0.4 is 5.32 Å². The van der Waals surface area contributed by atoms with E-state index in [1.165, 1.54) is 84.0 Å². The first kappa shape index (κ1) is 37.8. The predicted octanol–water partition coefficient (Wildman–Crippen LogP) is 7.03. The monoisotopic (exact) mass is 571 g/mol. The molecule has 0 bridgehead atoms. The van der Waals surface area contributed by atoms with Gasteiger partial charge in [0.15, 0.2) is 19.2 Å². The molecule has 2 atom stereocenters. The molecule has 228 valence electrons. The van der Waals surface area contributed by atoms with E-state index in [-0.39, 0.29) is 31.0 Å². The van der Waals surface area contributed by atoms with Crippen LogP contribution >= 0.6 is 8.15 Å². The second-order valence-electron chi connectivity index (χ2n) is 12.3. The molecule has 39 heavy (non-hydrogen) atoms. The number of carbonyl (C=O) groups is 4. The summed E-state index contributed by atoms with van der Waals surface area (Å²) in [5.74, 6) is -0.322. The molecule has 0 aliphatic heterocycles. The maximum atomic E-state index is 12.5. The van der Waals surface area contributed by atoms with Crippen LogP contribution in [0.5, 0.6) is 0 Å². The van der Waals surface area contributed by atoms with Gasteiger partial charge in [-0.05, 0) is 6.42 Å². The Labute approximate surface area is 240 Å². The summed E-state index contributed by atoms with van der Waals surface area (Å²) in [6, 6.07) is -0.671. The Morgan fingerprint density at radius 2 is 1.13 bits per heavy atom. The fourth-order valence-corrected chi connectivity index (χ4v) is 5.82. The Balaban J connectivity index is 4.06. The first-order valence-corrected chi connectivity index (χ1v) is 16.9. The molecule has 0 aliphatic carbocycles. The number of hydrogen-bond donors (Lipinski definition) is 2. The van der Waals surface area contributed by atoms with Gasteiger partial charge in [-0.25, -0.2) is 0 Å². The van der Waals surface area contributed by atoms with E-state index >= 15 is 0 Å². The number of amides is 1. The zero-order chi connectivity index (χ0) is 29.5. The predicted molar refractivity (Wildman–Crippen MR) is 163 cm³/mol. The molecule has 0 aromatic rings. The molecule has 0 aromatic carbocycles. The van der Waals surface area contributed by atoms with Crippen molar-refractivity contribution in [3.63, 3.8) is 0 Å². The molecule has 0 saturated heterocycles. The van der Waals surface area contributed by atoms with Gasteiger partial charge in [-0.3, -0.25) is 19.2 Å². The number of unbranched alkanes of at least 4 members (excludes halogenated alkanes) is 14. The van der Waals surface area contributed by atoms with Crippen molar-refractivity contribution in [2.75, 3.05) is 27.7 Å². The van der Waals surface area contributed by atoms with Crippen LogP contribution in [0.25, 0.3) is 0 Å². The Morgan fingerprint density at radius 3 is 1.56 bits per heavy atom. The topological polar surface area (TPSA) is 101 Å². The summed E-state index contributed by atoms with van der Waals surface area (Å²) in [5.41, 5.74) is -1.01. The molecule has 1 amide bonds. The highest BCUT2D eigenvalue weighted by Crippen LogP contribution is 2.36. The van der Waals surface area contributed by atoms with Gasteiger partial charge in [0.2, 0.25) is 5.91 Å². The average Bonchev–Trinajstić information content (AvgIpc) is 2.84. The van der Waals surface area contributed by atoms with Crippen LogP contribution in [0.15, 0.2) is 0 Å². The molecule has 2 N–H and O–H groups in total. The van der Waals surface area contributed by atoms with Crippen LogP contribution in [0.4, 0.5) is 0 Å². The Bertz CT molecular complexity index is 693. The zero-order valence-electron chi connectivity index (χ0n) is 25.9. The number of nitrogens with one attached hydrogen (secondary N) is 1. The number of Topliss-reactive ketones (excluding diaryl/α,β-unsaturated/α-hetero) is 1. The van der Waals surface area contributed by atoms with Gasteiger partial charge in [0.1, 0.15) is 5.78 Å². The van der Waals surface area contributed by atoms with Crippen molar-refractivity contribution in [2.45, 2.75) is 148 Å². The Morgan fingerprint density at radius 1 is 0.667 bits per heavy atom. The van der Waals surface area contributed by atoms with E-state index < -0.39 is 25.2 Å². The summed E-state index contributed by atoms with van der Waals surface area (Å²) >= 11 is 0. The van der Waals surface area contributed by atoms with Crippen LogP contribution in [0.3, 0.4) is 0 Å². The van der Waals surface area contributed by atoms with Gasteiger partial charge in [-0.2, -0.15) is 0 Å². The van der Waals surface area contributed by atoms with Gasteiger partial charge >= 0.3 is 0 Å². The van der Waals surface area contributed by atoms with E-state index in [1.807, 2.05) is 21.1 Å². The summed E-state index contributed by atoms with van der Waals surface area (Å²) in [6.07, 6.45) is 20.1. The summed E-state index contributed by atoms with van der Waals surface area (Å²) in [5, 5.41) is 2.66. The summed E-state index contributed by atoms with van der Waals surface area (Å²) < 4.78 is 0.705. The number of carbonyl (C=O) groups excluding carboxylic acids is 4. The molecule has 7 nitrogen and oxygen atoms in total. The second-order valence-corrected chi connectivity index (χ2v) is 13.9. The molecular weight excluding hydrogens is 511 g/mol. The van der Waals surface area contributed by atoms with Crippen molar-refractivity contribution in [1.82, 2.24) is 5.32 Å². The highest BCUT2D eigenvalue weighted by atomic mass is 31.1. The maximum Gasteiger partial charge on any atom is 0.217 e. The smallest absolute Gasteiger partial charge is 0.217 e. The van der Waals surface area contributed by atoms with E-state index in [1.54, 1.807) is 0 Å². The number of quaternary nitrogens is 1. The molecule has 8 heteroatoms. The molecule has 2 unspecified atom stereocenters. The van der Waals surface area contributed by atoms with Gasteiger partial charge in [0.25, 0.3) is 0 Å². The summed E-state index contributed by atoms with van der Waals surface area (Å²) in [4.78, 5) is 59.1.